The number of amidine groups is 1. The van der Waals surface area contributed by atoms with Crippen molar-refractivity contribution in [2.24, 2.45) is 0 Å². The van der Waals surface area contributed by atoms with Crippen molar-refractivity contribution in [1.29, 1.82) is 0 Å². The van der Waals surface area contributed by atoms with Crippen LogP contribution in [0.3, 0.4) is 0 Å². The third-order valence-corrected chi connectivity index (χ3v) is 3.99. The van der Waals surface area contributed by atoms with Crippen LogP contribution < -0.4 is 0 Å². The van der Waals surface area contributed by atoms with Gasteiger partial charge in [0.2, 0.25) is 0 Å². The molecule has 4 nitrogen and oxygen atoms in total. The van der Waals surface area contributed by atoms with E-state index in [-0.39, 0.29) is 0 Å². The summed E-state index contributed by atoms with van der Waals surface area (Å²) in [6.07, 6.45) is 0. The van der Waals surface area contributed by atoms with Gasteiger partial charge in [0.15, 0.2) is 11.1 Å². The number of hydroxylamine groups is 3. The van der Waals surface area contributed by atoms with Gasteiger partial charge in [0.05, 0.1) is 5.56 Å². The Morgan fingerprint density at radius 3 is 2.00 bits per heavy atom. The van der Waals surface area contributed by atoms with Crippen LogP contribution in [-0.4, -0.2) is 37.1 Å². The van der Waals surface area contributed by atoms with Gasteiger partial charge in [-0.25, -0.2) is 5.21 Å². The van der Waals surface area contributed by atoms with Crippen LogP contribution in [0.2, 0.25) is 0 Å². The first-order chi connectivity index (χ1) is 7.80. The number of hydrogen-bond acceptors (Lipinski definition) is 3. The molecule has 0 amide bonds. The van der Waals surface area contributed by atoms with E-state index in [0.717, 1.165) is 15.4 Å². The van der Waals surface area contributed by atoms with E-state index in [0.29, 0.717) is 5.84 Å². The lowest BCUT2D eigenvalue weighted by molar-refractivity contribution is -0.820. The second-order valence-corrected chi connectivity index (χ2v) is 5.43. The zero-order valence-corrected chi connectivity index (χ0v) is 10.7. The average Bonchev–Trinajstić information content (AvgIpc) is 2.40. The Morgan fingerprint density at radius 2 is 1.59 bits per heavy atom. The summed E-state index contributed by atoms with van der Waals surface area (Å²) < 4.78 is 1.14. The monoisotopic (exact) mass is 235 g/mol. The maximum Gasteiger partial charge on any atom is 0.349 e. The van der Waals surface area contributed by atoms with E-state index in [1.54, 1.807) is 0 Å². The predicted molar refractivity (Wildman–Crippen MR) is 64.4 cm³/mol. The molecule has 1 aliphatic heterocycles. The number of rotatable bonds is 1. The lowest BCUT2D eigenvalue weighted by Crippen LogP contribution is -2.54. The normalized spacial score (nSPS) is 22.1. The molecule has 0 aliphatic carbocycles. The van der Waals surface area contributed by atoms with E-state index >= 15 is 0 Å². The van der Waals surface area contributed by atoms with Crippen molar-refractivity contribution in [3.63, 3.8) is 0 Å². The van der Waals surface area contributed by atoms with Crippen molar-refractivity contribution in [2.45, 2.75) is 38.8 Å². The van der Waals surface area contributed by atoms with Crippen LogP contribution in [0, 0.1) is 0 Å². The molecule has 0 radical (unpaired) electrons. The zero-order valence-electron chi connectivity index (χ0n) is 10.7. The van der Waals surface area contributed by atoms with Crippen molar-refractivity contribution < 1.29 is 15.2 Å². The number of benzene rings is 1. The largest absolute Gasteiger partial charge is 0.354 e. The Balaban J connectivity index is 2.59. The molecule has 4 heteroatoms. The molecule has 0 unspecified atom stereocenters. The average molecular weight is 235 g/mol. The van der Waals surface area contributed by atoms with Crippen LogP contribution in [0.1, 0.15) is 33.3 Å². The molecule has 1 aliphatic rings. The molecule has 2 N–H and O–H groups in total. The molecule has 0 fully saturated rings. The summed E-state index contributed by atoms with van der Waals surface area (Å²) in [6, 6.07) is 9.38. The molecule has 1 heterocycles. The topological polar surface area (TPSA) is 46.7 Å². The predicted octanol–water partition coefficient (Wildman–Crippen LogP) is 2.10. The van der Waals surface area contributed by atoms with Crippen molar-refractivity contribution in [2.75, 3.05) is 0 Å². The second kappa shape index (κ2) is 3.47. The quantitative estimate of drug-likeness (QED) is 0.579. The van der Waals surface area contributed by atoms with Crippen molar-refractivity contribution in [3.05, 3.63) is 35.9 Å². The Kier molecular flexibility index (Phi) is 2.43. The molecule has 17 heavy (non-hydrogen) atoms. The maximum atomic E-state index is 10.3. The van der Waals surface area contributed by atoms with E-state index in [2.05, 4.69) is 0 Å². The van der Waals surface area contributed by atoms with Crippen molar-refractivity contribution >= 4 is 5.84 Å². The van der Waals surface area contributed by atoms with Gasteiger partial charge in [-0.1, -0.05) is 22.9 Å². The smallest absolute Gasteiger partial charge is 0.349 e. The minimum Gasteiger partial charge on any atom is -0.354 e. The summed E-state index contributed by atoms with van der Waals surface area (Å²) in [4.78, 5) is 0. The Hall–Kier alpha value is -1.55. The summed E-state index contributed by atoms with van der Waals surface area (Å²) in [6.45, 7) is 7.58. The standard InChI is InChI=1S/C13H19N2O2/c1-12(2)13(3,4)15(17)11(14(12)16)10-8-6-5-7-9-10/h5-9,16-17H,1-4H3/q+1. The summed E-state index contributed by atoms with van der Waals surface area (Å²) in [5, 5.41) is 21.7. The van der Waals surface area contributed by atoms with E-state index in [9.17, 15) is 10.4 Å². The van der Waals surface area contributed by atoms with Gasteiger partial charge in [-0.15, -0.1) is 5.06 Å². The number of hydrogen-bond donors (Lipinski definition) is 2. The summed E-state index contributed by atoms with van der Waals surface area (Å²) >= 11 is 0. The molecule has 0 atom stereocenters. The van der Waals surface area contributed by atoms with Crippen LogP contribution in [-0.2, 0) is 0 Å². The van der Waals surface area contributed by atoms with E-state index in [1.807, 2.05) is 58.0 Å². The Bertz CT molecular complexity index is 464. The van der Waals surface area contributed by atoms with Crippen LogP contribution in [0.5, 0.6) is 0 Å². The highest BCUT2D eigenvalue weighted by molar-refractivity contribution is 5.95. The lowest BCUT2D eigenvalue weighted by Gasteiger charge is -2.29. The van der Waals surface area contributed by atoms with Crippen LogP contribution in [0.15, 0.2) is 30.3 Å². The first-order valence-corrected chi connectivity index (χ1v) is 5.71. The molecular weight excluding hydrogens is 216 g/mol. The molecule has 0 saturated heterocycles. The van der Waals surface area contributed by atoms with Gasteiger partial charge < -0.3 is 5.21 Å². The van der Waals surface area contributed by atoms with Gasteiger partial charge in [-0.05, 0) is 39.8 Å². The molecule has 1 aromatic rings. The lowest BCUT2D eigenvalue weighted by atomic mass is 9.84. The summed E-state index contributed by atoms with van der Waals surface area (Å²) in [7, 11) is 0. The fourth-order valence-corrected chi connectivity index (χ4v) is 1.97. The molecule has 2 rings (SSSR count). The third-order valence-electron chi connectivity index (χ3n) is 3.99. The second-order valence-electron chi connectivity index (χ2n) is 5.43. The SMILES string of the molecule is CC1(C)N(O)C(c2ccccc2)=[N+](O)C1(C)C. The number of nitrogens with zero attached hydrogens (tertiary/aromatic N) is 2. The highest BCUT2D eigenvalue weighted by Gasteiger charge is 2.62. The molecule has 0 saturated carbocycles. The summed E-state index contributed by atoms with van der Waals surface area (Å²) in [5.74, 6) is 0.417. The third kappa shape index (κ3) is 1.44. The van der Waals surface area contributed by atoms with Gasteiger partial charge in [-0.3, -0.25) is 0 Å². The minimum atomic E-state index is -0.576. The first-order valence-electron chi connectivity index (χ1n) is 5.71. The minimum absolute atomic E-state index is 0.417. The molecular formula is C13H19N2O2+. The van der Waals surface area contributed by atoms with E-state index < -0.39 is 11.1 Å². The van der Waals surface area contributed by atoms with Gasteiger partial charge in [0, 0.05) is 0 Å². The van der Waals surface area contributed by atoms with Gasteiger partial charge >= 0.3 is 5.84 Å². The van der Waals surface area contributed by atoms with Crippen molar-refractivity contribution in [3.8, 4) is 0 Å². The Morgan fingerprint density at radius 1 is 1.06 bits per heavy atom. The molecule has 0 aromatic heterocycles. The highest BCUT2D eigenvalue weighted by atomic mass is 16.5. The van der Waals surface area contributed by atoms with Crippen LogP contribution in [0.4, 0.5) is 0 Å². The molecule has 0 spiro atoms. The van der Waals surface area contributed by atoms with E-state index in [1.165, 1.54) is 0 Å². The van der Waals surface area contributed by atoms with Crippen LogP contribution >= 0.6 is 0 Å². The molecule has 92 valence electrons. The summed E-state index contributed by atoms with van der Waals surface area (Å²) in [5.41, 5.74) is -0.365. The Labute approximate surface area is 101 Å². The molecule has 0 bridgehead atoms. The fraction of sp³-hybridized carbons (Fsp3) is 0.462. The fourth-order valence-electron chi connectivity index (χ4n) is 1.97. The van der Waals surface area contributed by atoms with Crippen LogP contribution in [0.25, 0.3) is 0 Å². The molecule has 1 aromatic carbocycles. The van der Waals surface area contributed by atoms with E-state index in [4.69, 9.17) is 0 Å². The first kappa shape index (κ1) is 11.9. The van der Waals surface area contributed by atoms with Crippen molar-refractivity contribution in [1.82, 2.24) is 5.06 Å². The van der Waals surface area contributed by atoms with Gasteiger partial charge in [0.1, 0.15) is 0 Å². The van der Waals surface area contributed by atoms with Gasteiger partial charge in [0.25, 0.3) is 0 Å². The zero-order chi connectivity index (χ0) is 12.8. The highest BCUT2D eigenvalue weighted by Crippen LogP contribution is 2.36. The maximum absolute atomic E-state index is 10.3. The van der Waals surface area contributed by atoms with Gasteiger partial charge in [-0.2, -0.15) is 0 Å².